The lowest BCUT2D eigenvalue weighted by atomic mass is 10.1. The van der Waals surface area contributed by atoms with Crippen LogP contribution in [0.5, 0.6) is 11.5 Å². The molecule has 3 aromatic heterocycles. The fourth-order valence-corrected chi connectivity index (χ4v) is 4.22. The molecule has 36 heavy (non-hydrogen) atoms. The number of carbonyl (C=O) groups is 1. The minimum Gasteiger partial charge on any atom is -0.497 e. The molecule has 182 valence electrons. The van der Waals surface area contributed by atoms with Crippen molar-refractivity contribution in [2.75, 3.05) is 19.5 Å². The molecule has 2 aromatic carbocycles. The van der Waals surface area contributed by atoms with Crippen LogP contribution in [0, 0.1) is 13.8 Å². The van der Waals surface area contributed by atoms with Crippen molar-refractivity contribution < 1.29 is 14.3 Å². The normalized spacial score (nSPS) is 11.0. The Bertz CT molecular complexity index is 1600. The zero-order valence-electron chi connectivity index (χ0n) is 20.9. The molecule has 0 fully saturated rings. The first kappa shape index (κ1) is 23.2. The lowest BCUT2D eigenvalue weighted by Crippen LogP contribution is -2.16. The Labute approximate surface area is 209 Å². The first-order valence-electron chi connectivity index (χ1n) is 11.5. The minimum absolute atomic E-state index is 0.260. The van der Waals surface area contributed by atoms with Gasteiger partial charge in [-0.15, -0.1) is 0 Å². The van der Waals surface area contributed by atoms with Crippen molar-refractivity contribution in [3.8, 4) is 34.0 Å². The lowest BCUT2D eigenvalue weighted by molar-refractivity contribution is 0.101. The molecule has 0 unspecified atom stereocenters. The van der Waals surface area contributed by atoms with E-state index in [-0.39, 0.29) is 5.91 Å². The van der Waals surface area contributed by atoms with Crippen LogP contribution in [0.15, 0.2) is 67.0 Å². The van der Waals surface area contributed by atoms with Gasteiger partial charge in [0.05, 0.1) is 25.6 Å². The number of carbonyl (C=O) groups excluding carboxylic acids is 1. The fourth-order valence-electron chi connectivity index (χ4n) is 4.22. The van der Waals surface area contributed by atoms with Gasteiger partial charge in [0.2, 0.25) is 0 Å². The van der Waals surface area contributed by atoms with Crippen LogP contribution >= 0.6 is 0 Å². The number of ether oxygens (including phenoxy) is 2. The van der Waals surface area contributed by atoms with Crippen LogP contribution in [0.3, 0.4) is 0 Å². The van der Waals surface area contributed by atoms with Gasteiger partial charge in [0.1, 0.15) is 22.8 Å². The smallest absolute Gasteiger partial charge is 0.273 e. The number of aromatic nitrogens is 4. The van der Waals surface area contributed by atoms with Crippen molar-refractivity contribution in [2.24, 2.45) is 7.05 Å². The second kappa shape index (κ2) is 9.22. The third-order valence-corrected chi connectivity index (χ3v) is 6.25. The highest BCUT2D eigenvalue weighted by Crippen LogP contribution is 2.33. The maximum atomic E-state index is 13.3. The number of hydrogen-bond donors (Lipinski definition) is 1. The van der Waals surface area contributed by atoms with Crippen LogP contribution in [0.2, 0.25) is 0 Å². The lowest BCUT2D eigenvalue weighted by Gasteiger charge is -2.10. The van der Waals surface area contributed by atoms with E-state index in [2.05, 4.69) is 10.4 Å². The number of aryl methyl sites for hydroxylation is 3. The molecular weight excluding hydrogens is 454 g/mol. The molecule has 8 heteroatoms. The minimum atomic E-state index is -0.260. The molecule has 0 bridgehead atoms. The van der Waals surface area contributed by atoms with E-state index in [1.54, 1.807) is 32.0 Å². The Morgan fingerprint density at radius 2 is 1.78 bits per heavy atom. The predicted molar refractivity (Wildman–Crippen MR) is 140 cm³/mol. The average molecular weight is 482 g/mol. The third-order valence-electron chi connectivity index (χ3n) is 6.25. The van der Waals surface area contributed by atoms with Gasteiger partial charge in [-0.25, -0.2) is 4.98 Å². The van der Waals surface area contributed by atoms with Gasteiger partial charge >= 0.3 is 0 Å². The Morgan fingerprint density at radius 3 is 2.53 bits per heavy atom. The summed E-state index contributed by atoms with van der Waals surface area (Å²) in [7, 11) is 4.95. The van der Waals surface area contributed by atoms with Crippen LogP contribution in [-0.2, 0) is 7.05 Å². The van der Waals surface area contributed by atoms with Gasteiger partial charge in [0.25, 0.3) is 5.91 Å². The van der Waals surface area contributed by atoms with Crippen molar-refractivity contribution in [1.29, 1.82) is 0 Å². The number of amides is 1. The number of benzene rings is 2. The maximum absolute atomic E-state index is 13.3. The summed E-state index contributed by atoms with van der Waals surface area (Å²) in [5.41, 5.74) is 7.22. The van der Waals surface area contributed by atoms with E-state index < -0.39 is 0 Å². The Hall–Kier alpha value is -4.59. The standard InChI is InChI=1S/C28H27N5O3/c1-17-8-9-19(24-16-33-12-6-7-18(2)27(33)29-24)13-22(17)30-28(34)25-15-23(31-32(25)3)21-14-20(35-4)10-11-26(21)36-5/h6-16H,1-5H3,(H,30,34). The van der Waals surface area contributed by atoms with E-state index in [9.17, 15) is 4.79 Å². The summed E-state index contributed by atoms with van der Waals surface area (Å²) in [6, 6.07) is 17.2. The zero-order valence-corrected chi connectivity index (χ0v) is 20.9. The van der Waals surface area contributed by atoms with Gasteiger partial charge in [-0.3, -0.25) is 9.48 Å². The van der Waals surface area contributed by atoms with Crippen LogP contribution in [-0.4, -0.2) is 39.3 Å². The van der Waals surface area contributed by atoms with Crippen LogP contribution in [0.25, 0.3) is 28.2 Å². The van der Waals surface area contributed by atoms with Gasteiger partial charge in [0, 0.05) is 36.3 Å². The molecule has 3 heterocycles. The number of nitrogens with zero attached hydrogens (tertiary/aromatic N) is 4. The molecule has 0 aliphatic carbocycles. The van der Waals surface area contributed by atoms with E-state index >= 15 is 0 Å². The number of anilines is 1. The SMILES string of the molecule is COc1ccc(OC)c(-c2cc(C(=O)Nc3cc(-c4cn5cccc(C)c5n4)ccc3C)n(C)n2)c1. The van der Waals surface area contributed by atoms with Crippen molar-refractivity contribution in [3.63, 3.8) is 0 Å². The molecule has 0 aliphatic heterocycles. The van der Waals surface area contributed by atoms with Crippen LogP contribution < -0.4 is 14.8 Å². The predicted octanol–water partition coefficient (Wildman–Crippen LogP) is 5.29. The number of imidazole rings is 1. The van der Waals surface area contributed by atoms with Crippen molar-refractivity contribution in [3.05, 3.63) is 83.8 Å². The number of methoxy groups -OCH3 is 2. The number of pyridine rings is 1. The zero-order chi connectivity index (χ0) is 25.4. The summed E-state index contributed by atoms with van der Waals surface area (Å²) in [5, 5.41) is 7.60. The summed E-state index contributed by atoms with van der Waals surface area (Å²) in [6.07, 6.45) is 3.97. The highest BCUT2D eigenvalue weighted by molar-refractivity contribution is 6.04. The number of nitrogens with one attached hydrogen (secondary N) is 1. The second-order valence-electron chi connectivity index (χ2n) is 8.64. The number of hydrogen-bond acceptors (Lipinski definition) is 5. The van der Waals surface area contributed by atoms with Gasteiger partial charge in [-0.05, 0) is 61.4 Å². The molecule has 0 saturated carbocycles. The van der Waals surface area contributed by atoms with Crippen LogP contribution in [0.1, 0.15) is 21.6 Å². The molecule has 0 saturated heterocycles. The molecule has 8 nitrogen and oxygen atoms in total. The Morgan fingerprint density at radius 1 is 0.944 bits per heavy atom. The van der Waals surface area contributed by atoms with Gasteiger partial charge < -0.3 is 19.2 Å². The summed E-state index contributed by atoms with van der Waals surface area (Å²) in [5.74, 6) is 1.06. The number of fused-ring (bicyclic) bond motifs is 1. The van der Waals surface area contributed by atoms with E-state index in [1.807, 2.05) is 79.2 Å². The fraction of sp³-hybridized carbons (Fsp3) is 0.179. The quantitative estimate of drug-likeness (QED) is 0.356. The molecule has 1 N–H and O–H groups in total. The number of rotatable bonds is 6. The molecule has 5 aromatic rings. The summed E-state index contributed by atoms with van der Waals surface area (Å²) in [4.78, 5) is 18.1. The topological polar surface area (TPSA) is 82.7 Å². The van der Waals surface area contributed by atoms with E-state index in [4.69, 9.17) is 14.5 Å². The third kappa shape index (κ3) is 4.17. The van der Waals surface area contributed by atoms with Crippen LogP contribution in [0.4, 0.5) is 5.69 Å². The average Bonchev–Trinajstić information content (AvgIpc) is 3.49. The largest absolute Gasteiger partial charge is 0.497 e. The molecule has 0 spiro atoms. The Kier molecular flexibility index (Phi) is 5.93. The summed E-state index contributed by atoms with van der Waals surface area (Å²) < 4.78 is 14.4. The van der Waals surface area contributed by atoms with Crippen molar-refractivity contribution >= 4 is 17.2 Å². The Balaban J connectivity index is 1.45. The molecular formula is C28H27N5O3. The first-order valence-corrected chi connectivity index (χ1v) is 11.5. The van der Waals surface area contributed by atoms with E-state index in [1.165, 1.54) is 0 Å². The molecule has 0 radical (unpaired) electrons. The monoisotopic (exact) mass is 481 g/mol. The molecule has 0 aliphatic rings. The summed E-state index contributed by atoms with van der Waals surface area (Å²) >= 11 is 0. The van der Waals surface area contributed by atoms with E-state index in [0.29, 0.717) is 28.6 Å². The summed E-state index contributed by atoms with van der Waals surface area (Å²) in [6.45, 7) is 4.00. The van der Waals surface area contributed by atoms with Gasteiger partial charge in [-0.2, -0.15) is 5.10 Å². The van der Waals surface area contributed by atoms with E-state index in [0.717, 1.165) is 33.6 Å². The van der Waals surface area contributed by atoms with Gasteiger partial charge in [-0.1, -0.05) is 18.2 Å². The first-order chi connectivity index (χ1) is 17.4. The maximum Gasteiger partial charge on any atom is 0.273 e. The molecule has 5 rings (SSSR count). The van der Waals surface area contributed by atoms with Crippen molar-refractivity contribution in [2.45, 2.75) is 13.8 Å². The molecule has 0 atom stereocenters. The highest BCUT2D eigenvalue weighted by Gasteiger charge is 2.18. The highest BCUT2D eigenvalue weighted by atomic mass is 16.5. The van der Waals surface area contributed by atoms with Gasteiger partial charge in [0.15, 0.2) is 0 Å². The second-order valence-corrected chi connectivity index (χ2v) is 8.64. The van der Waals surface area contributed by atoms with Crippen molar-refractivity contribution in [1.82, 2.24) is 19.2 Å². The molecule has 1 amide bonds.